The maximum Gasteiger partial charge on any atom is 0.338 e. The number of carbonyl (C=O) groups is 4. The van der Waals surface area contributed by atoms with E-state index in [4.69, 9.17) is 9.47 Å². The summed E-state index contributed by atoms with van der Waals surface area (Å²) in [5.74, 6) is -1.63. The molecule has 0 radical (unpaired) electrons. The fourth-order valence-electron chi connectivity index (χ4n) is 2.78. The van der Waals surface area contributed by atoms with E-state index in [2.05, 4.69) is 10.6 Å². The average Bonchev–Trinajstić information content (AvgIpc) is 2.80. The van der Waals surface area contributed by atoms with Gasteiger partial charge >= 0.3 is 11.9 Å². The van der Waals surface area contributed by atoms with Crippen LogP contribution in [0.2, 0.25) is 0 Å². The Bertz CT molecular complexity index is 941. The monoisotopic (exact) mass is 454 g/mol. The Morgan fingerprint density at radius 1 is 0.818 bits per heavy atom. The normalized spacial score (nSPS) is 11.4. The highest BCUT2D eigenvalue weighted by Gasteiger charge is 2.14. The number of anilines is 1. The number of hydrogen-bond donors (Lipinski definition) is 2. The quantitative estimate of drug-likeness (QED) is 0.502. The van der Waals surface area contributed by atoms with Crippen LogP contribution in [-0.4, -0.2) is 37.0 Å². The molecule has 0 unspecified atom stereocenters. The van der Waals surface area contributed by atoms with E-state index in [-0.39, 0.29) is 30.7 Å². The van der Waals surface area contributed by atoms with Crippen LogP contribution >= 0.6 is 0 Å². The van der Waals surface area contributed by atoms with Crippen molar-refractivity contribution in [2.24, 2.45) is 5.92 Å². The zero-order valence-electron chi connectivity index (χ0n) is 19.1. The van der Waals surface area contributed by atoms with Crippen molar-refractivity contribution in [1.29, 1.82) is 0 Å². The predicted molar refractivity (Wildman–Crippen MR) is 123 cm³/mol. The maximum absolute atomic E-state index is 12.1. The molecule has 2 amide bonds. The minimum Gasteiger partial charge on any atom is -0.462 e. The summed E-state index contributed by atoms with van der Waals surface area (Å²) in [4.78, 5) is 47.8. The fraction of sp³-hybridized carbons (Fsp3) is 0.360. The Hall–Kier alpha value is -3.68. The van der Waals surface area contributed by atoms with E-state index in [0.29, 0.717) is 17.9 Å². The van der Waals surface area contributed by atoms with Crippen molar-refractivity contribution in [3.05, 3.63) is 65.7 Å². The van der Waals surface area contributed by atoms with Gasteiger partial charge in [-0.1, -0.05) is 44.2 Å². The van der Waals surface area contributed by atoms with E-state index in [0.717, 1.165) is 5.56 Å². The standard InChI is InChI=1S/C25H30N2O6/c1-17(2)15-33-25(31)20-9-11-21(12-10-20)27-22(28)13-14-24(30)32-16-23(29)26-18(3)19-7-5-4-6-8-19/h4-12,17-18H,13-16H2,1-3H3,(H,26,29)(H,27,28)/t18-/m1/s1. The highest BCUT2D eigenvalue weighted by molar-refractivity contribution is 5.94. The predicted octanol–water partition coefficient (Wildman–Crippen LogP) is 3.64. The Morgan fingerprint density at radius 3 is 2.12 bits per heavy atom. The number of nitrogens with one attached hydrogen (secondary N) is 2. The first-order chi connectivity index (χ1) is 15.7. The van der Waals surface area contributed by atoms with Gasteiger partial charge in [0.25, 0.3) is 5.91 Å². The molecule has 33 heavy (non-hydrogen) atoms. The minimum atomic E-state index is -0.643. The molecule has 8 nitrogen and oxygen atoms in total. The number of hydrogen-bond acceptors (Lipinski definition) is 6. The smallest absolute Gasteiger partial charge is 0.338 e. The van der Waals surface area contributed by atoms with Gasteiger partial charge in [0.2, 0.25) is 5.91 Å². The lowest BCUT2D eigenvalue weighted by Crippen LogP contribution is -2.31. The van der Waals surface area contributed by atoms with E-state index in [1.54, 1.807) is 24.3 Å². The number of esters is 2. The molecule has 0 aliphatic carbocycles. The van der Waals surface area contributed by atoms with Gasteiger partial charge in [-0.3, -0.25) is 14.4 Å². The van der Waals surface area contributed by atoms with Crippen LogP contribution in [0, 0.1) is 5.92 Å². The summed E-state index contributed by atoms with van der Waals surface area (Å²) < 4.78 is 10.1. The van der Waals surface area contributed by atoms with Crippen molar-refractivity contribution < 1.29 is 28.7 Å². The number of benzene rings is 2. The van der Waals surface area contributed by atoms with Gasteiger partial charge in [0.1, 0.15) is 0 Å². The van der Waals surface area contributed by atoms with Crippen LogP contribution in [0.1, 0.15) is 55.6 Å². The van der Waals surface area contributed by atoms with E-state index in [9.17, 15) is 19.2 Å². The third kappa shape index (κ3) is 9.55. The first-order valence-corrected chi connectivity index (χ1v) is 10.8. The summed E-state index contributed by atoms with van der Waals surface area (Å²) in [6, 6.07) is 15.5. The first-order valence-electron chi connectivity index (χ1n) is 10.8. The molecule has 0 heterocycles. The van der Waals surface area contributed by atoms with Gasteiger partial charge in [0.05, 0.1) is 24.6 Å². The lowest BCUT2D eigenvalue weighted by molar-refractivity contribution is -0.149. The van der Waals surface area contributed by atoms with Gasteiger partial charge in [0.15, 0.2) is 6.61 Å². The Labute approximate surface area is 193 Å². The van der Waals surface area contributed by atoms with Crippen molar-refractivity contribution >= 4 is 29.4 Å². The van der Waals surface area contributed by atoms with Gasteiger partial charge in [-0.25, -0.2) is 4.79 Å². The van der Waals surface area contributed by atoms with E-state index >= 15 is 0 Å². The molecule has 0 aromatic heterocycles. The van der Waals surface area contributed by atoms with Crippen LogP contribution in [-0.2, 0) is 23.9 Å². The van der Waals surface area contributed by atoms with E-state index in [1.165, 1.54) is 0 Å². The zero-order valence-corrected chi connectivity index (χ0v) is 19.1. The van der Waals surface area contributed by atoms with Gasteiger partial charge in [-0.2, -0.15) is 0 Å². The molecule has 2 aromatic carbocycles. The maximum atomic E-state index is 12.1. The van der Waals surface area contributed by atoms with Gasteiger partial charge in [0, 0.05) is 12.1 Å². The summed E-state index contributed by atoms with van der Waals surface area (Å²) in [5, 5.41) is 5.39. The SMILES string of the molecule is CC(C)COC(=O)c1ccc(NC(=O)CCC(=O)OCC(=O)N[C@H](C)c2ccccc2)cc1. The van der Waals surface area contributed by atoms with Crippen LogP contribution in [0.15, 0.2) is 54.6 Å². The van der Waals surface area contributed by atoms with Crippen LogP contribution < -0.4 is 10.6 Å². The van der Waals surface area contributed by atoms with Crippen LogP contribution in [0.3, 0.4) is 0 Å². The van der Waals surface area contributed by atoms with Crippen molar-refractivity contribution in [3.63, 3.8) is 0 Å². The molecule has 1 atom stereocenters. The number of amides is 2. The molecule has 0 bridgehead atoms. The first kappa shape index (κ1) is 25.6. The third-order valence-electron chi connectivity index (χ3n) is 4.55. The van der Waals surface area contributed by atoms with Gasteiger partial charge in [-0.05, 0) is 42.7 Å². The summed E-state index contributed by atoms with van der Waals surface area (Å²) >= 11 is 0. The molecule has 0 aliphatic rings. The minimum absolute atomic E-state index is 0.0982. The summed E-state index contributed by atoms with van der Waals surface area (Å²) in [7, 11) is 0. The number of ether oxygens (including phenoxy) is 2. The molecule has 2 rings (SSSR count). The Balaban J connectivity index is 1.67. The van der Waals surface area contributed by atoms with Crippen molar-refractivity contribution in [1.82, 2.24) is 5.32 Å². The molecule has 176 valence electrons. The molecular weight excluding hydrogens is 424 g/mol. The summed E-state index contributed by atoms with van der Waals surface area (Å²) in [6.07, 6.45) is -0.258. The lowest BCUT2D eigenvalue weighted by Gasteiger charge is -2.14. The molecule has 2 N–H and O–H groups in total. The zero-order chi connectivity index (χ0) is 24.2. The van der Waals surface area contributed by atoms with Crippen LogP contribution in [0.5, 0.6) is 0 Å². The van der Waals surface area contributed by atoms with Crippen LogP contribution in [0.4, 0.5) is 5.69 Å². The van der Waals surface area contributed by atoms with E-state index < -0.39 is 24.5 Å². The van der Waals surface area contributed by atoms with Crippen LogP contribution in [0.25, 0.3) is 0 Å². The lowest BCUT2D eigenvalue weighted by atomic mass is 10.1. The van der Waals surface area contributed by atoms with E-state index in [1.807, 2.05) is 51.1 Å². The Kier molecular flexibility index (Phi) is 10.1. The largest absolute Gasteiger partial charge is 0.462 e. The Morgan fingerprint density at radius 2 is 1.48 bits per heavy atom. The number of carbonyl (C=O) groups excluding carboxylic acids is 4. The third-order valence-corrected chi connectivity index (χ3v) is 4.55. The summed E-state index contributed by atoms with van der Waals surface area (Å²) in [5.41, 5.74) is 1.81. The molecule has 0 fully saturated rings. The average molecular weight is 455 g/mol. The fourth-order valence-corrected chi connectivity index (χ4v) is 2.78. The molecule has 8 heteroatoms. The van der Waals surface area contributed by atoms with Crippen molar-refractivity contribution in [3.8, 4) is 0 Å². The molecule has 0 saturated carbocycles. The van der Waals surface area contributed by atoms with Crippen molar-refractivity contribution in [2.45, 2.75) is 39.7 Å². The highest BCUT2D eigenvalue weighted by atomic mass is 16.5. The molecular formula is C25H30N2O6. The second-order valence-corrected chi connectivity index (χ2v) is 7.98. The van der Waals surface area contributed by atoms with Gasteiger partial charge in [-0.15, -0.1) is 0 Å². The molecule has 0 spiro atoms. The molecule has 0 aliphatic heterocycles. The second-order valence-electron chi connectivity index (χ2n) is 7.98. The molecule has 2 aromatic rings. The molecule has 0 saturated heterocycles. The second kappa shape index (κ2) is 13.0. The highest BCUT2D eigenvalue weighted by Crippen LogP contribution is 2.13. The number of rotatable bonds is 11. The van der Waals surface area contributed by atoms with Gasteiger partial charge < -0.3 is 20.1 Å². The topological polar surface area (TPSA) is 111 Å². The summed E-state index contributed by atoms with van der Waals surface area (Å²) in [6.45, 7) is 5.65. The van der Waals surface area contributed by atoms with Crippen molar-refractivity contribution in [2.75, 3.05) is 18.5 Å².